The van der Waals surface area contributed by atoms with Gasteiger partial charge in [0.25, 0.3) is 5.91 Å². The molecular formula is C13H20N2O3. The van der Waals surface area contributed by atoms with Gasteiger partial charge < -0.3 is 20.1 Å². The third-order valence-electron chi connectivity index (χ3n) is 2.76. The zero-order valence-corrected chi connectivity index (χ0v) is 11.2. The number of ether oxygens (including phenoxy) is 2. The Kier molecular flexibility index (Phi) is 5.45. The van der Waals surface area contributed by atoms with Crippen molar-refractivity contribution in [1.82, 2.24) is 10.6 Å². The van der Waals surface area contributed by atoms with Crippen LogP contribution in [-0.2, 0) is 4.79 Å². The standard InChI is InChI=1S/C13H20N2O3/c1-9(14-2)11-6-5-10(17-4)7-12(11)18-8-13(16)15-3/h5-7,9,14H,8H2,1-4H3,(H,15,16). The maximum absolute atomic E-state index is 11.2. The molecule has 1 aromatic carbocycles. The van der Waals surface area contributed by atoms with Crippen molar-refractivity contribution in [3.05, 3.63) is 23.8 Å². The molecule has 1 aromatic rings. The largest absolute Gasteiger partial charge is 0.497 e. The van der Waals surface area contributed by atoms with E-state index in [0.29, 0.717) is 11.5 Å². The Morgan fingerprint density at radius 1 is 1.39 bits per heavy atom. The summed E-state index contributed by atoms with van der Waals surface area (Å²) in [4.78, 5) is 11.2. The Morgan fingerprint density at radius 3 is 2.67 bits per heavy atom. The fraction of sp³-hybridized carbons (Fsp3) is 0.462. The molecule has 1 rings (SSSR count). The number of rotatable bonds is 6. The van der Waals surface area contributed by atoms with Crippen LogP contribution >= 0.6 is 0 Å². The maximum Gasteiger partial charge on any atom is 0.257 e. The Morgan fingerprint density at radius 2 is 2.11 bits per heavy atom. The molecular weight excluding hydrogens is 232 g/mol. The summed E-state index contributed by atoms with van der Waals surface area (Å²) in [5.41, 5.74) is 0.988. The summed E-state index contributed by atoms with van der Waals surface area (Å²) < 4.78 is 10.7. The highest BCUT2D eigenvalue weighted by molar-refractivity contribution is 5.77. The molecule has 1 unspecified atom stereocenters. The van der Waals surface area contributed by atoms with Crippen LogP contribution < -0.4 is 20.1 Å². The van der Waals surface area contributed by atoms with Crippen LogP contribution in [-0.4, -0.2) is 33.7 Å². The van der Waals surface area contributed by atoms with Gasteiger partial charge in [0, 0.05) is 24.7 Å². The number of hydrogen-bond acceptors (Lipinski definition) is 4. The van der Waals surface area contributed by atoms with E-state index < -0.39 is 0 Å². The van der Waals surface area contributed by atoms with Gasteiger partial charge in [0.2, 0.25) is 0 Å². The second kappa shape index (κ2) is 6.86. The molecule has 5 nitrogen and oxygen atoms in total. The van der Waals surface area contributed by atoms with E-state index in [4.69, 9.17) is 9.47 Å². The lowest BCUT2D eigenvalue weighted by atomic mass is 10.1. The number of hydrogen-bond donors (Lipinski definition) is 2. The number of methoxy groups -OCH3 is 1. The first-order chi connectivity index (χ1) is 8.62. The lowest BCUT2D eigenvalue weighted by Gasteiger charge is -2.17. The Labute approximate surface area is 107 Å². The Bertz CT molecular complexity index is 407. The lowest BCUT2D eigenvalue weighted by molar-refractivity contribution is -0.122. The highest BCUT2D eigenvalue weighted by atomic mass is 16.5. The van der Waals surface area contributed by atoms with Crippen LogP contribution in [0.15, 0.2) is 18.2 Å². The third kappa shape index (κ3) is 3.63. The van der Waals surface area contributed by atoms with Crippen LogP contribution in [0.1, 0.15) is 18.5 Å². The molecule has 1 atom stereocenters. The van der Waals surface area contributed by atoms with Gasteiger partial charge in [0.05, 0.1) is 7.11 Å². The van der Waals surface area contributed by atoms with Crippen LogP contribution in [0.2, 0.25) is 0 Å². The van der Waals surface area contributed by atoms with Gasteiger partial charge in [0.1, 0.15) is 11.5 Å². The van der Waals surface area contributed by atoms with E-state index in [1.165, 1.54) is 0 Å². The SMILES string of the molecule is CNC(=O)COc1cc(OC)ccc1C(C)NC. The van der Waals surface area contributed by atoms with E-state index in [1.807, 2.05) is 26.1 Å². The Balaban J connectivity index is 2.92. The summed E-state index contributed by atoms with van der Waals surface area (Å²) >= 11 is 0. The number of amides is 1. The topological polar surface area (TPSA) is 59.6 Å². The second-order valence-corrected chi connectivity index (χ2v) is 3.88. The third-order valence-corrected chi connectivity index (χ3v) is 2.76. The number of carbonyl (C=O) groups excluding carboxylic acids is 1. The predicted molar refractivity (Wildman–Crippen MR) is 70.0 cm³/mol. The molecule has 18 heavy (non-hydrogen) atoms. The lowest BCUT2D eigenvalue weighted by Crippen LogP contribution is -2.25. The normalized spacial score (nSPS) is 11.8. The van der Waals surface area contributed by atoms with Crippen molar-refractivity contribution in [2.75, 3.05) is 27.8 Å². The molecule has 0 spiro atoms. The Hall–Kier alpha value is -1.75. The molecule has 0 saturated heterocycles. The molecule has 1 amide bonds. The molecule has 0 aromatic heterocycles. The number of nitrogens with one attached hydrogen (secondary N) is 2. The summed E-state index contributed by atoms with van der Waals surface area (Å²) in [6.07, 6.45) is 0. The molecule has 0 heterocycles. The summed E-state index contributed by atoms with van der Waals surface area (Å²) in [5.74, 6) is 1.19. The molecule has 2 N–H and O–H groups in total. The zero-order valence-electron chi connectivity index (χ0n) is 11.2. The summed E-state index contributed by atoms with van der Waals surface area (Å²) in [6.45, 7) is 2.02. The first-order valence-electron chi connectivity index (χ1n) is 5.81. The van der Waals surface area contributed by atoms with Crippen molar-refractivity contribution < 1.29 is 14.3 Å². The highest BCUT2D eigenvalue weighted by Crippen LogP contribution is 2.29. The van der Waals surface area contributed by atoms with Crippen LogP contribution in [0.25, 0.3) is 0 Å². The smallest absolute Gasteiger partial charge is 0.257 e. The maximum atomic E-state index is 11.2. The van der Waals surface area contributed by atoms with Gasteiger partial charge in [-0.3, -0.25) is 4.79 Å². The number of benzene rings is 1. The van der Waals surface area contributed by atoms with Gasteiger partial charge in [-0.2, -0.15) is 0 Å². The summed E-state index contributed by atoms with van der Waals surface area (Å²) in [5, 5.41) is 5.66. The van der Waals surface area contributed by atoms with Crippen LogP contribution in [0.3, 0.4) is 0 Å². The van der Waals surface area contributed by atoms with Gasteiger partial charge in [-0.15, -0.1) is 0 Å². The average Bonchev–Trinajstić information content (AvgIpc) is 2.43. The number of carbonyl (C=O) groups is 1. The predicted octanol–water partition coefficient (Wildman–Crippen LogP) is 1.10. The second-order valence-electron chi connectivity index (χ2n) is 3.88. The van der Waals surface area contributed by atoms with Crippen molar-refractivity contribution >= 4 is 5.91 Å². The highest BCUT2D eigenvalue weighted by Gasteiger charge is 2.12. The molecule has 0 fully saturated rings. The van der Waals surface area contributed by atoms with Crippen molar-refractivity contribution in [2.24, 2.45) is 0 Å². The van der Waals surface area contributed by atoms with Gasteiger partial charge in [-0.05, 0) is 20.0 Å². The first-order valence-corrected chi connectivity index (χ1v) is 5.81. The van der Waals surface area contributed by atoms with Crippen molar-refractivity contribution in [2.45, 2.75) is 13.0 Å². The van der Waals surface area contributed by atoms with Crippen molar-refractivity contribution in [3.63, 3.8) is 0 Å². The van der Waals surface area contributed by atoms with Crippen LogP contribution in [0, 0.1) is 0 Å². The summed E-state index contributed by atoms with van der Waals surface area (Å²) in [7, 11) is 5.05. The van der Waals surface area contributed by atoms with Gasteiger partial charge in [-0.25, -0.2) is 0 Å². The molecule has 0 radical (unpaired) electrons. The van der Waals surface area contributed by atoms with Gasteiger partial charge >= 0.3 is 0 Å². The average molecular weight is 252 g/mol. The van der Waals surface area contributed by atoms with Crippen LogP contribution in [0.5, 0.6) is 11.5 Å². The number of likely N-dealkylation sites (N-methyl/N-ethyl adjacent to an activating group) is 1. The molecule has 0 aliphatic carbocycles. The summed E-state index contributed by atoms with van der Waals surface area (Å²) in [6, 6.07) is 5.72. The molecule has 0 saturated carbocycles. The van der Waals surface area contributed by atoms with Crippen molar-refractivity contribution in [3.8, 4) is 11.5 Å². The minimum atomic E-state index is -0.166. The molecule has 0 bridgehead atoms. The van der Waals surface area contributed by atoms with Gasteiger partial charge in [0.15, 0.2) is 6.61 Å². The fourth-order valence-corrected chi connectivity index (χ4v) is 1.50. The molecule has 100 valence electrons. The van der Waals surface area contributed by atoms with E-state index in [0.717, 1.165) is 5.56 Å². The van der Waals surface area contributed by atoms with Gasteiger partial charge in [-0.1, -0.05) is 6.07 Å². The molecule has 0 aliphatic rings. The zero-order chi connectivity index (χ0) is 13.5. The fourth-order valence-electron chi connectivity index (χ4n) is 1.50. The minimum absolute atomic E-state index is 0.00684. The van der Waals surface area contributed by atoms with E-state index in [2.05, 4.69) is 10.6 Å². The quantitative estimate of drug-likeness (QED) is 0.796. The van der Waals surface area contributed by atoms with E-state index in [-0.39, 0.29) is 18.6 Å². The molecule has 5 heteroatoms. The monoisotopic (exact) mass is 252 g/mol. The van der Waals surface area contributed by atoms with E-state index in [1.54, 1.807) is 20.2 Å². The van der Waals surface area contributed by atoms with Crippen LogP contribution in [0.4, 0.5) is 0 Å². The first kappa shape index (κ1) is 14.3. The van der Waals surface area contributed by atoms with E-state index in [9.17, 15) is 4.79 Å². The van der Waals surface area contributed by atoms with Crippen molar-refractivity contribution in [1.29, 1.82) is 0 Å². The van der Waals surface area contributed by atoms with E-state index >= 15 is 0 Å². The minimum Gasteiger partial charge on any atom is -0.497 e. The molecule has 0 aliphatic heterocycles.